The number of benzene rings is 2. The van der Waals surface area contributed by atoms with E-state index in [9.17, 15) is 18.0 Å². The Morgan fingerprint density at radius 2 is 1.59 bits per heavy atom. The molecule has 5 heteroatoms. The molecule has 0 aliphatic carbocycles. The second kappa shape index (κ2) is 6.64. The molecule has 0 aromatic heterocycles. The van der Waals surface area contributed by atoms with E-state index in [1.807, 2.05) is 6.42 Å². The van der Waals surface area contributed by atoms with Gasteiger partial charge in [-0.3, -0.25) is 4.79 Å². The van der Waals surface area contributed by atoms with E-state index in [1.165, 1.54) is 12.1 Å². The maximum absolute atomic E-state index is 12.4. The molecule has 0 saturated heterocycles. The molecule has 2 nitrogen and oxygen atoms in total. The van der Waals surface area contributed by atoms with Gasteiger partial charge in [0.25, 0.3) is 0 Å². The minimum atomic E-state index is -4.30. The summed E-state index contributed by atoms with van der Waals surface area (Å²) in [6.45, 7) is 0. The van der Waals surface area contributed by atoms with Crippen LogP contribution in [0.1, 0.15) is 33.5 Å². The number of primary amides is 1. The molecule has 1 amide bonds. The van der Waals surface area contributed by atoms with Crippen molar-refractivity contribution in [1.29, 1.82) is 0 Å². The first-order valence-electron chi connectivity index (χ1n) is 6.75. The zero-order valence-corrected chi connectivity index (χ0v) is 11.7. The summed E-state index contributed by atoms with van der Waals surface area (Å²) in [6, 6.07) is 12.0. The molecule has 0 saturated carbocycles. The highest BCUT2D eigenvalue weighted by molar-refractivity contribution is 5.92. The van der Waals surface area contributed by atoms with Crippen LogP contribution in [0.25, 0.3) is 0 Å². The topological polar surface area (TPSA) is 43.1 Å². The van der Waals surface area contributed by atoms with Crippen molar-refractivity contribution < 1.29 is 18.0 Å². The van der Waals surface area contributed by atoms with E-state index in [-0.39, 0.29) is 0 Å². The van der Waals surface area contributed by atoms with E-state index < -0.39 is 17.6 Å². The third kappa shape index (κ3) is 4.35. The lowest BCUT2D eigenvalue weighted by molar-refractivity contribution is -0.137. The third-order valence-electron chi connectivity index (χ3n) is 3.29. The van der Waals surface area contributed by atoms with Gasteiger partial charge < -0.3 is 5.73 Å². The molecule has 0 aliphatic rings. The largest absolute Gasteiger partial charge is 0.416 e. The maximum atomic E-state index is 12.4. The average molecular weight is 306 g/mol. The van der Waals surface area contributed by atoms with Crippen LogP contribution in [0.3, 0.4) is 0 Å². The molecular weight excluding hydrogens is 291 g/mol. The van der Waals surface area contributed by atoms with Crippen molar-refractivity contribution in [2.45, 2.75) is 19.0 Å². The van der Waals surface area contributed by atoms with Crippen LogP contribution in [-0.4, -0.2) is 5.91 Å². The van der Waals surface area contributed by atoms with Crippen molar-refractivity contribution in [2.75, 3.05) is 0 Å². The molecule has 2 rings (SSSR count). The second-order valence-electron chi connectivity index (χ2n) is 4.92. The molecule has 0 aliphatic heterocycles. The monoisotopic (exact) mass is 306 g/mol. The molecule has 2 N–H and O–H groups in total. The molecule has 1 radical (unpaired) electrons. The van der Waals surface area contributed by atoms with Gasteiger partial charge in [-0.05, 0) is 54.7 Å². The highest BCUT2D eigenvalue weighted by Gasteiger charge is 2.29. The molecule has 0 unspecified atom stereocenters. The molecular formula is C17H15F3NO. The van der Waals surface area contributed by atoms with E-state index in [2.05, 4.69) is 0 Å². The van der Waals surface area contributed by atoms with Gasteiger partial charge in [-0.25, -0.2) is 0 Å². The maximum Gasteiger partial charge on any atom is 0.416 e. The van der Waals surface area contributed by atoms with Gasteiger partial charge in [0.2, 0.25) is 5.91 Å². The molecule has 22 heavy (non-hydrogen) atoms. The number of nitrogens with two attached hydrogens (primary N) is 1. The molecule has 0 spiro atoms. The number of aryl methyl sites for hydroxylation is 1. The summed E-state index contributed by atoms with van der Waals surface area (Å²) in [5, 5.41) is 0. The van der Waals surface area contributed by atoms with Gasteiger partial charge in [-0.1, -0.05) is 24.3 Å². The van der Waals surface area contributed by atoms with Crippen molar-refractivity contribution in [3.05, 3.63) is 77.2 Å². The summed E-state index contributed by atoms with van der Waals surface area (Å²) in [7, 11) is 0. The van der Waals surface area contributed by atoms with Crippen LogP contribution >= 0.6 is 0 Å². The number of amides is 1. The number of rotatable bonds is 5. The Bertz CT molecular complexity index is 630. The SMILES string of the molecule is NC(=O)c1ccc([CH]CCc2ccc(C(F)(F)F)cc2)cc1. The predicted molar refractivity (Wildman–Crippen MR) is 78.1 cm³/mol. The van der Waals surface area contributed by atoms with E-state index in [0.29, 0.717) is 18.4 Å². The number of hydrogen-bond acceptors (Lipinski definition) is 1. The normalized spacial score (nSPS) is 11.4. The number of alkyl halides is 3. The fourth-order valence-electron chi connectivity index (χ4n) is 2.05. The quantitative estimate of drug-likeness (QED) is 0.891. The predicted octanol–water partition coefficient (Wildman–Crippen LogP) is 3.99. The zero-order chi connectivity index (χ0) is 16.2. The van der Waals surface area contributed by atoms with Crippen LogP contribution in [0, 0.1) is 6.42 Å². The summed E-state index contributed by atoms with van der Waals surface area (Å²) >= 11 is 0. The number of carbonyl (C=O) groups excluding carboxylic acids is 1. The smallest absolute Gasteiger partial charge is 0.366 e. The first kappa shape index (κ1) is 16.1. The van der Waals surface area contributed by atoms with Crippen molar-refractivity contribution >= 4 is 5.91 Å². The third-order valence-corrected chi connectivity index (χ3v) is 3.29. The van der Waals surface area contributed by atoms with Gasteiger partial charge in [-0.15, -0.1) is 0 Å². The van der Waals surface area contributed by atoms with Crippen molar-refractivity contribution in [3.8, 4) is 0 Å². The van der Waals surface area contributed by atoms with Crippen molar-refractivity contribution in [3.63, 3.8) is 0 Å². The fraction of sp³-hybridized carbons (Fsp3) is 0.176. The Balaban J connectivity index is 1.87. The summed E-state index contributed by atoms with van der Waals surface area (Å²) < 4.78 is 37.3. The van der Waals surface area contributed by atoms with Crippen LogP contribution in [-0.2, 0) is 12.6 Å². The van der Waals surface area contributed by atoms with Gasteiger partial charge in [-0.2, -0.15) is 13.2 Å². The fourth-order valence-corrected chi connectivity index (χ4v) is 2.05. The molecule has 0 heterocycles. The minimum absolute atomic E-state index is 0.444. The van der Waals surface area contributed by atoms with E-state index >= 15 is 0 Å². The molecule has 0 fully saturated rings. The second-order valence-corrected chi connectivity index (χ2v) is 4.92. The van der Waals surface area contributed by atoms with Crippen molar-refractivity contribution in [1.82, 2.24) is 0 Å². The Morgan fingerprint density at radius 1 is 1.00 bits per heavy atom. The number of carbonyl (C=O) groups is 1. The van der Waals surface area contributed by atoms with Gasteiger partial charge >= 0.3 is 6.18 Å². The summed E-state index contributed by atoms with van der Waals surface area (Å²) in [4.78, 5) is 10.9. The van der Waals surface area contributed by atoms with Crippen LogP contribution < -0.4 is 5.73 Å². The molecule has 0 atom stereocenters. The van der Waals surface area contributed by atoms with Crippen LogP contribution in [0.4, 0.5) is 13.2 Å². The first-order chi connectivity index (χ1) is 10.4. The van der Waals surface area contributed by atoms with Crippen LogP contribution in [0.2, 0.25) is 0 Å². The Morgan fingerprint density at radius 3 is 2.09 bits per heavy atom. The van der Waals surface area contributed by atoms with E-state index in [0.717, 1.165) is 23.3 Å². The molecule has 2 aromatic rings. The van der Waals surface area contributed by atoms with Gasteiger partial charge in [0.05, 0.1) is 5.56 Å². The standard InChI is InChI=1S/C17H15F3NO/c18-17(19,20)15-10-6-13(7-11-15)3-1-2-12-4-8-14(9-5-12)16(21)22/h2,4-11H,1,3H2,(H2,21,22). The van der Waals surface area contributed by atoms with Crippen molar-refractivity contribution in [2.24, 2.45) is 5.73 Å². The molecule has 115 valence electrons. The van der Waals surface area contributed by atoms with Gasteiger partial charge in [0.1, 0.15) is 0 Å². The van der Waals surface area contributed by atoms with Gasteiger partial charge in [0, 0.05) is 5.56 Å². The van der Waals surface area contributed by atoms with Crippen LogP contribution in [0.15, 0.2) is 48.5 Å². The Labute approximate surface area is 126 Å². The highest BCUT2D eigenvalue weighted by Crippen LogP contribution is 2.29. The first-order valence-corrected chi connectivity index (χ1v) is 6.75. The lowest BCUT2D eigenvalue weighted by Crippen LogP contribution is -2.10. The van der Waals surface area contributed by atoms with Crippen LogP contribution in [0.5, 0.6) is 0 Å². The Hall–Kier alpha value is -2.30. The van der Waals surface area contributed by atoms with E-state index in [1.54, 1.807) is 24.3 Å². The highest BCUT2D eigenvalue weighted by atomic mass is 19.4. The average Bonchev–Trinajstić information content (AvgIpc) is 2.47. The minimum Gasteiger partial charge on any atom is -0.366 e. The lowest BCUT2D eigenvalue weighted by Gasteiger charge is -2.07. The molecule has 0 bridgehead atoms. The zero-order valence-electron chi connectivity index (χ0n) is 11.7. The van der Waals surface area contributed by atoms with E-state index in [4.69, 9.17) is 5.73 Å². The summed E-state index contributed by atoms with van der Waals surface area (Å²) in [5.74, 6) is -0.476. The summed E-state index contributed by atoms with van der Waals surface area (Å²) in [5.41, 5.74) is 6.75. The number of halogens is 3. The van der Waals surface area contributed by atoms with Gasteiger partial charge in [0.15, 0.2) is 0 Å². The lowest BCUT2D eigenvalue weighted by atomic mass is 10.0. The summed E-state index contributed by atoms with van der Waals surface area (Å²) in [6.07, 6.45) is -0.994. The molecule has 2 aromatic carbocycles. The Kier molecular flexibility index (Phi) is 4.85. The number of hydrogen-bond donors (Lipinski definition) is 1.